The highest BCUT2D eigenvalue weighted by Gasteiger charge is 2.21. The average Bonchev–Trinajstić information content (AvgIpc) is 2.71. The third kappa shape index (κ3) is 8.23. The van der Waals surface area contributed by atoms with Crippen molar-refractivity contribution >= 4 is 29.9 Å². The predicted octanol–water partition coefficient (Wildman–Crippen LogP) is 3.79. The van der Waals surface area contributed by atoms with E-state index >= 15 is 0 Å². The van der Waals surface area contributed by atoms with Gasteiger partial charge in [0, 0.05) is 51.5 Å². The third-order valence-corrected chi connectivity index (χ3v) is 5.82. The lowest BCUT2D eigenvalue weighted by Crippen LogP contribution is -2.48. The molecule has 0 spiro atoms. The molecule has 1 aromatic carbocycles. The lowest BCUT2D eigenvalue weighted by molar-refractivity contribution is 0.119. The minimum absolute atomic E-state index is 0. The van der Waals surface area contributed by atoms with Crippen LogP contribution < -0.4 is 15.4 Å². The Kier molecular flexibility index (Phi) is 11.8. The maximum atomic E-state index is 6.15. The van der Waals surface area contributed by atoms with Gasteiger partial charge in [-0.1, -0.05) is 18.2 Å². The lowest BCUT2D eigenvalue weighted by atomic mass is 9.96. The zero-order valence-electron chi connectivity index (χ0n) is 18.6. The number of benzene rings is 1. The van der Waals surface area contributed by atoms with Crippen LogP contribution in [0.3, 0.4) is 0 Å². The Labute approximate surface area is 199 Å². The molecule has 1 heterocycles. The minimum atomic E-state index is 0. The first-order valence-corrected chi connectivity index (χ1v) is 11.3. The van der Waals surface area contributed by atoms with Crippen molar-refractivity contribution < 1.29 is 9.47 Å². The van der Waals surface area contributed by atoms with E-state index in [-0.39, 0.29) is 24.0 Å². The Morgan fingerprint density at radius 1 is 1.17 bits per heavy atom. The molecule has 1 saturated carbocycles. The molecule has 2 aliphatic rings. The van der Waals surface area contributed by atoms with E-state index in [2.05, 4.69) is 40.7 Å². The molecule has 0 unspecified atom stereocenters. The fraction of sp³-hybridized carbons (Fsp3) is 0.696. The fourth-order valence-electron chi connectivity index (χ4n) is 3.83. The van der Waals surface area contributed by atoms with Crippen molar-refractivity contribution in [2.45, 2.75) is 64.1 Å². The second-order valence-electron chi connectivity index (χ2n) is 8.08. The van der Waals surface area contributed by atoms with E-state index in [1.54, 1.807) is 7.11 Å². The summed E-state index contributed by atoms with van der Waals surface area (Å²) in [6, 6.07) is 8.79. The zero-order chi connectivity index (χ0) is 20.3. The lowest BCUT2D eigenvalue weighted by Gasteiger charge is -2.33. The van der Waals surface area contributed by atoms with Gasteiger partial charge in [-0.15, -0.1) is 24.0 Å². The van der Waals surface area contributed by atoms with Crippen LogP contribution >= 0.6 is 24.0 Å². The fourth-order valence-corrected chi connectivity index (χ4v) is 3.83. The Morgan fingerprint density at radius 2 is 1.93 bits per heavy atom. The topological polar surface area (TPSA) is 58.1 Å². The van der Waals surface area contributed by atoms with Gasteiger partial charge >= 0.3 is 0 Å². The van der Waals surface area contributed by atoms with Crippen LogP contribution in [0.1, 0.15) is 51.0 Å². The van der Waals surface area contributed by atoms with Gasteiger partial charge in [0.25, 0.3) is 0 Å². The molecule has 0 amide bonds. The number of hydrogen-bond donors (Lipinski definition) is 2. The summed E-state index contributed by atoms with van der Waals surface area (Å²) in [6.45, 7) is 7.87. The summed E-state index contributed by atoms with van der Waals surface area (Å²) in [7, 11) is 1.77. The molecule has 0 atom stereocenters. The van der Waals surface area contributed by atoms with Crippen molar-refractivity contribution in [2.75, 3.05) is 39.9 Å². The number of hydrogen-bond acceptors (Lipinski definition) is 4. The predicted molar refractivity (Wildman–Crippen MR) is 134 cm³/mol. The number of halogens is 1. The van der Waals surface area contributed by atoms with E-state index in [4.69, 9.17) is 14.5 Å². The van der Waals surface area contributed by atoms with Crippen LogP contribution in [0.5, 0.6) is 5.75 Å². The molecule has 1 aliphatic carbocycles. The standard InChI is InChI=1S/C23H38N4O2.HI/c1-3-24-23(26-20-12-15-27(16-13-20)14-7-17-28-2)25-18-19-8-4-5-11-22(19)29-21-9-6-10-21;/h4-5,8,11,20-21H,3,6-7,9-10,12-18H2,1-2H3,(H2,24,25,26);1H. The molecule has 1 aliphatic heterocycles. The highest BCUT2D eigenvalue weighted by atomic mass is 127. The van der Waals surface area contributed by atoms with Crippen molar-refractivity contribution in [3.05, 3.63) is 29.8 Å². The van der Waals surface area contributed by atoms with Crippen molar-refractivity contribution in [1.29, 1.82) is 0 Å². The quantitative estimate of drug-likeness (QED) is 0.209. The van der Waals surface area contributed by atoms with E-state index < -0.39 is 0 Å². The monoisotopic (exact) mass is 530 g/mol. The van der Waals surface area contributed by atoms with Gasteiger partial charge in [-0.25, -0.2) is 4.99 Å². The van der Waals surface area contributed by atoms with Gasteiger partial charge in [0.05, 0.1) is 12.6 Å². The Morgan fingerprint density at radius 3 is 2.60 bits per heavy atom. The second-order valence-corrected chi connectivity index (χ2v) is 8.08. The summed E-state index contributed by atoms with van der Waals surface area (Å²) in [5.41, 5.74) is 1.16. The van der Waals surface area contributed by atoms with Crippen LogP contribution in [0.25, 0.3) is 0 Å². The van der Waals surface area contributed by atoms with Gasteiger partial charge in [0.2, 0.25) is 0 Å². The first-order valence-electron chi connectivity index (χ1n) is 11.3. The van der Waals surface area contributed by atoms with Crippen LogP contribution in [-0.4, -0.2) is 62.9 Å². The highest BCUT2D eigenvalue weighted by molar-refractivity contribution is 14.0. The normalized spacial score (nSPS) is 18.4. The van der Waals surface area contributed by atoms with Gasteiger partial charge in [0.15, 0.2) is 5.96 Å². The third-order valence-electron chi connectivity index (χ3n) is 5.82. The minimum Gasteiger partial charge on any atom is -0.490 e. The maximum absolute atomic E-state index is 6.15. The van der Waals surface area contributed by atoms with E-state index in [1.807, 2.05) is 6.07 Å². The largest absolute Gasteiger partial charge is 0.490 e. The molecule has 1 aromatic rings. The SMILES string of the molecule is CCNC(=NCc1ccccc1OC1CCC1)NC1CCN(CCCOC)CC1.I. The van der Waals surface area contributed by atoms with Gasteiger partial charge in [0.1, 0.15) is 5.75 Å². The van der Waals surface area contributed by atoms with E-state index in [9.17, 15) is 0 Å². The number of ether oxygens (including phenoxy) is 2. The summed E-state index contributed by atoms with van der Waals surface area (Å²) in [5, 5.41) is 7.05. The number of aliphatic imine (C=N–C) groups is 1. The Balaban J connectivity index is 0.00000320. The van der Waals surface area contributed by atoms with Gasteiger partial charge < -0.3 is 25.0 Å². The van der Waals surface area contributed by atoms with Crippen molar-refractivity contribution in [2.24, 2.45) is 4.99 Å². The number of likely N-dealkylation sites (tertiary alicyclic amines) is 1. The molecule has 6 nitrogen and oxygen atoms in total. The molecular weight excluding hydrogens is 491 g/mol. The number of para-hydroxylation sites is 1. The van der Waals surface area contributed by atoms with Crippen molar-refractivity contribution in [3.8, 4) is 5.75 Å². The molecule has 0 radical (unpaired) electrons. The summed E-state index contributed by atoms with van der Waals surface area (Å²) >= 11 is 0. The van der Waals surface area contributed by atoms with Crippen molar-refractivity contribution in [1.82, 2.24) is 15.5 Å². The summed E-state index contributed by atoms with van der Waals surface area (Å²) in [5.74, 6) is 1.89. The number of piperidine rings is 1. The molecule has 1 saturated heterocycles. The number of nitrogens with one attached hydrogen (secondary N) is 2. The van der Waals surface area contributed by atoms with Gasteiger partial charge in [-0.05, 0) is 51.5 Å². The molecule has 3 rings (SSSR count). The molecule has 7 heteroatoms. The van der Waals surface area contributed by atoms with Crippen LogP contribution in [0.4, 0.5) is 0 Å². The number of methoxy groups -OCH3 is 1. The Bertz CT molecular complexity index is 631. The van der Waals surface area contributed by atoms with E-state index in [1.165, 1.54) is 19.3 Å². The molecule has 0 bridgehead atoms. The molecule has 0 aromatic heterocycles. The average molecular weight is 530 g/mol. The molecule has 2 N–H and O–H groups in total. The van der Waals surface area contributed by atoms with Crippen molar-refractivity contribution in [3.63, 3.8) is 0 Å². The maximum Gasteiger partial charge on any atom is 0.191 e. The summed E-state index contributed by atoms with van der Waals surface area (Å²) in [6.07, 6.45) is 7.43. The van der Waals surface area contributed by atoms with Gasteiger partial charge in [-0.3, -0.25) is 0 Å². The van der Waals surface area contributed by atoms with Crippen LogP contribution in [0.15, 0.2) is 29.3 Å². The summed E-state index contributed by atoms with van der Waals surface area (Å²) < 4.78 is 11.3. The van der Waals surface area contributed by atoms with Crippen LogP contribution in [-0.2, 0) is 11.3 Å². The first kappa shape index (κ1) is 25.2. The van der Waals surface area contributed by atoms with Crippen LogP contribution in [0.2, 0.25) is 0 Å². The number of rotatable bonds is 10. The summed E-state index contributed by atoms with van der Waals surface area (Å²) in [4.78, 5) is 7.39. The van der Waals surface area contributed by atoms with Gasteiger partial charge in [-0.2, -0.15) is 0 Å². The molecule has 170 valence electrons. The second kappa shape index (κ2) is 14.1. The number of nitrogens with zero attached hydrogens (tertiary/aromatic N) is 2. The molecular formula is C23H39IN4O2. The smallest absolute Gasteiger partial charge is 0.191 e. The highest BCUT2D eigenvalue weighted by Crippen LogP contribution is 2.27. The molecule has 30 heavy (non-hydrogen) atoms. The van der Waals surface area contributed by atoms with Crippen LogP contribution in [0, 0.1) is 0 Å². The van der Waals surface area contributed by atoms with E-state index in [0.717, 1.165) is 69.3 Å². The van der Waals surface area contributed by atoms with E-state index in [0.29, 0.717) is 18.7 Å². The number of guanidine groups is 1. The molecule has 2 fully saturated rings. The Hall–Kier alpha value is -1.06. The first-order chi connectivity index (χ1) is 14.3. The zero-order valence-corrected chi connectivity index (χ0v) is 20.9.